The molecule has 5 rings (SSSR count). The van der Waals surface area contributed by atoms with Crippen LogP contribution in [0.15, 0.2) is 69.7 Å². The zero-order valence-electron chi connectivity index (χ0n) is 17.0. The summed E-state index contributed by atoms with van der Waals surface area (Å²) in [7, 11) is 0. The van der Waals surface area contributed by atoms with E-state index in [4.69, 9.17) is 8.94 Å². The lowest BCUT2D eigenvalue weighted by atomic mass is 10.1. The maximum absolute atomic E-state index is 14.0. The molecule has 1 aliphatic heterocycles. The Hall–Kier alpha value is -3.81. The molecule has 162 valence electrons. The molecule has 3 heterocycles. The van der Waals surface area contributed by atoms with Crippen LogP contribution in [0.25, 0.3) is 11.3 Å². The van der Waals surface area contributed by atoms with E-state index in [1.165, 1.54) is 24.3 Å². The number of hydrogen-bond donors (Lipinski definition) is 0. The fourth-order valence-electron chi connectivity index (χ4n) is 3.99. The highest BCUT2D eigenvalue weighted by Crippen LogP contribution is 2.34. The lowest BCUT2D eigenvalue weighted by molar-refractivity contribution is 0.0672. The van der Waals surface area contributed by atoms with E-state index >= 15 is 0 Å². The van der Waals surface area contributed by atoms with Gasteiger partial charge in [0.25, 0.3) is 5.91 Å². The highest BCUT2D eigenvalue weighted by molar-refractivity contribution is 5.92. The Balaban J connectivity index is 1.33. The van der Waals surface area contributed by atoms with Crippen LogP contribution in [0, 0.1) is 11.6 Å². The van der Waals surface area contributed by atoms with E-state index in [0.717, 1.165) is 12.0 Å². The molecule has 1 atom stereocenters. The number of rotatable bonds is 5. The molecule has 2 aromatic heterocycles. The molecular weight excluding hydrogens is 416 g/mol. The van der Waals surface area contributed by atoms with Gasteiger partial charge in [0.05, 0.1) is 6.20 Å². The van der Waals surface area contributed by atoms with Gasteiger partial charge in [0.1, 0.15) is 29.1 Å². The molecule has 32 heavy (non-hydrogen) atoms. The van der Waals surface area contributed by atoms with Gasteiger partial charge in [-0.3, -0.25) is 4.79 Å². The number of aromatic nitrogens is 2. The molecule has 6 nitrogen and oxygen atoms in total. The highest BCUT2D eigenvalue weighted by Gasteiger charge is 2.35. The molecular formula is C24H19F2N3O3. The maximum atomic E-state index is 14.0. The van der Waals surface area contributed by atoms with Crippen molar-refractivity contribution in [2.45, 2.75) is 25.3 Å². The van der Waals surface area contributed by atoms with Gasteiger partial charge in [-0.05, 0) is 42.7 Å². The number of carbonyl (C=O) groups excluding carboxylic acids is 1. The Labute approximate surface area is 182 Å². The molecule has 2 aromatic carbocycles. The summed E-state index contributed by atoms with van der Waals surface area (Å²) in [6.45, 7) is 0.515. The summed E-state index contributed by atoms with van der Waals surface area (Å²) in [5.74, 6) is -0.0577. The zero-order chi connectivity index (χ0) is 22.1. The van der Waals surface area contributed by atoms with Gasteiger partial charge >= 0.3 is 0 Å². The quantitative estimate of drug-likeness (QED) is 0.432. The molecule has 1 amide bonds. The summed E-state index contributed by atoms with van der Waals surface area (Å²) in [5, 5.41) is 3.86. The maximum Gasteiger partial charge on any atom is 0.293 e. The number of amides is 1. The average molecular weight is 435 g/mol. The predicted octanol–water partition coefficient (Wildman–Crippen LogP) is 5.18. The minimum atomic E-state index is -0.440. The van der Waals surface area contributed by atoms with Crippen LogP contribution in [0.3, 0.4) is 0 Å². The van der Waals surface area contributed by atoms with Crippen LogP contribution in [0.4, 0.5) is 8.78 Å². The summed E-state index contributed by atoms with van der Waals surface area (Å²) in [4.78, 5) is 19.1. The van der Waals surface area contributed by atoms with E-state index in [-0.39, 0.29) is 34.8 Å². The summed E-state index contributed by atoms with van der Waals surface area (Å²) in [6, 6.07) is 13.6. The first-order valence-corrected chi connectivity index (χ1v) is 10.3. The van der Waals surface area contributed by atoms with Gasteiger partial charge in [-0.2, -0.15) is 0 Å². The SMILES string of the molecule is O=C(c1cc(-c2ccccc2F)no1)N1CCC[C@@H]1c1ncc(Cc2cccc(F)c2)o1. The van der Waals surface area contributed by atoms with Crippen LogP contribution in [-0.2, 0) is 6.42 Å². The van der Waals surface area contributed by atoms with Gasteiger partial charge in [-0.25, -0.2) is 13.8 Å². The molecule has 1 fully saturated rings. The highest BCUT2D eigenvalue weighted by atomic mass is 19.1. The Bertz CT molecular complexity index is 1270. The van der Waals surface area contributed by atoms with Gasteiger partial charge < -0.3 is 13.8 Å². The second-order valence-electron chi connectivity index (χ2n) is 7.68. The molecule has 0 radical (unpaired) electrons. The van der Waals surface area contributed by atoms with Crippen molar-refractivity contribution in [1.82, 2.24) is 15.0 Å². The Kier molecular flexibility index (Phi) is 5.26. The van der Waals surface area contributed by atoms with Crippen molar-refractivity contribution >= 4 is 5.91 Å². The first kappa shape index (κ1) is 20.1. The third kappa shape index (κ3) is 3.91. The molecule has 0 saturated carbocycles. The van der Waals surface area contributed by atoms with Crippen LogP contribution in [0.2, 0.25) is 0 Å². The summed E-state index contributed by atoms with van der Waals surface area (Å²) < 4.78 is 38.6. The van der Waals surface area contributed by atoms with Crippen LogP contribution in [0.5, 0.6) is 0 Å². The molecule has 0 bridgehead atoms. The van der Waals surface area contributed by atoms with E-state index in [1.807, 2.05) is 6.07 Å². The molecule has 0 aliphatic carbocycles. The van der Waals surface area contributed by atoms with Gasteiger partial charge in [0, 0.05) is 24.6 Å². The Morgan fingerprint density at radius 2 is 2.00 bits per heavy atom. The van der Waals surface area contributed by atoms with Crippen LogP contribution >= 0.6 is 0 Å². The second-order valence-corrected chi connectivity index (χ2v) is 7.68. The predicted molar refractivity (Wildman–Crippen MR) is 111 cm³/mol. The minimum absolute atomic E-state index is 0.0293. The first-order chi connectivity index (χ1) is 15.6. The van der Waals surface area contributed by atoms with E-state index in [2.05, 4.69) is 10.1 Å². The standard InChI is InChI=1S/C24H19F2N3O3/c25-16-6-3-5-15(11-16)12-17-14-27-23(31-17)21-9-4-10-29(21)24(30)22-13-20(28-32-22)18-7-1-2-8-19(18)26/h1-3,5-8,11,13-14,21H,4,9-10,12H2/t21-/m1/s1. The molecule has 0 N–H and O–H groups in total. The number of carbonyl (C=O) groups is 1. The Morgan fingerprint density at radius 1 is 1.12 bits per heavy atom. The number of likely N-dealkylation sites (tertiary alicyclic amines) is 1. The van der Waals surface area contributed by atoms with E-state index in [0.29, 0.717) is 31.0 Å². The molecule has 0 unspecified atom stereocenters. The number of benzene rings is 2. The monoisotopic (exact) mass is 435 g/mol. The second kappa shape index (κ2) is 8.37. The normalized spacial score (nSPS) is 15.9. The number of halogens is 2. The largest absolute Gasteiger partial charge is 0.443 e. The number of oxazole rings is 1. The van der Waals surface area contributed by atoms with Crippen molar-refractivity contribution in [3.63, 3.8) is 0 Å². The van der Waals surface area contributed by atoms with Gasteiger partial charge in [-0.1, -0.05) is 29.4 Å². The van der Waals surface area contributed by atoms with Gasteiger partial charge in [-0.15, -0.1) is 0 Å². The van der Waals surface area contributed by atoms with Crippen molar-refractivity contribution in [3.8, 4) is 11.3 Å². The fraction of sp³-hybridized carbons (Fsp3) is 0.208. The van der Waals surface area contributed by atoms with Crippen LogP contribution in [-0.4, -0.2) is 27.5 Å². The Morgan fingerprint density at radius 3 is 2.84 bits per heavy atom. The first-order valence-electron chi connectivity index (χ1n) is 10.3. The van der Waals surface area contributed by atoms with Crippen LogP contribution in [0.1, 0.15) is 46.7 Å². The lowest BCUT2D eigenvalue weighted by Gasteiger charge is -2.20. The summed E-state index contributed by atoms with van der Waals surface area (Å²) in [5.41, 5.74) is 1.30. The van der Waals surface area contributed by atoms with Crippen molar-refractivity contribution in [2.75, 3.05) is 6.54 Å². The topological polar surface area (TPSA) is 72.4 Å². The molecule has 8 heteroatoms. The van der Waals surface area contributed by atoms with Gasteiger partial charge in [0.2, 0.25) is 11.7 Å². The minimum Gasteiger partial charge on any atom is -0.443 e. The smallest absolute Gasteiger partial charge is 0.293 e. The summed E-state index contributed by atoms with van der Waals surface area (Å²) in [6.07, 6.45) is 3.48. The molecule has 1 saturated heterocycles. The molecule has 0 spiro atoms. The lowest BCUT2D eigenvalue weighted by Crippen LogP contribution is -2.30. The summed E-state index contributed by atoms with van der Waals surface area (Å²) >= 11 is 0. The van der Waals surface area contributed by atoms with E-state index < -0.39 is 5.82 Å². The van der Waals surface area contributed by atoms with Gasteiger partial charge in [0.15, 0.2) is 0 Å². The van der Waals surface area contributed by atoms with Crippen molar-refractivity contribution < 1.29 is 22.5 Å². The molecule has 1 aliphatic rings. The van der Waals surface area contributed by atoms with E-state index in [9.17, 15) is 13.6 Å². The third-order valence-corrected chi connectivity index (χ3v) is 5.51. The van der Waals surface area contributed by atoms with Crippen molar-refractivity contribution in [1.29, 1.82) is 0 Å². The number of nitrogens with zero attached hydrogens (tertiary/aromatic N) is 3. The van der Waals surface area contributed by atoms with E-state index in [1.54, 1.807) is 35.4 Å². The van der Waals surface area contributed by atoms with Crippen LogP contribution < -0.4 is 0 Å². The number of hydrogen-bond acceptors (Lipinski definition) is 5. The fourth-order valence-corrected chi connectivity index (χ4v) is 3.99. The van der Waals surface area contributed by atoms with Crippen molar-refractivity contribution in [3.05, 3.63) is 95.4 Å². The molecule has 4 aromatic rings. The average Bonchev–Trinajstić information content (AvgIpc) is 3.54. The third-order valence-electron chi connectivity index (χ3n) is 5.51. The zero-order valence-corrected chi connectivity index (χ0v) is 17.0. The van der Waals surface area contributed by atoms with Crippen molar-refractivity contribution in [2.24, 2.45) is 0 Å².